The zero-order valence-corrected chi connectivity index (χ0v) is 11.4. The molecule has 0 saturated heterocycles. The van der Waals surface area contributed by atoms with Gasteiger partial charge in [0.15, 0.2) is 0 Å². The van der Waals surface area contributed by atoms with Crippen molar-refractivity contribution >= 4 is 5.91 Å². The molecule has 0 aromatic heterocycles. The highest BCUT2D eigenvalue weighted by molar-refractivity contribution is 5.78. The first-order valence-corrected chi connectivity index (χ1v) is 6.42. The number of nitriles is 1. The van der Waals surface area contributed by atoms with Crippen LogP contribution in [0.1, 0.15) is 16.7 Å². The molecule has 0 atom stereocenters. The molecule has 0 fully saturated rings. The number of hydrogen-bond donors (Lipinski definition) is 2. The predicted molar refractivity (Wildman–Crippen MR) is 78.0 cm³/mol. The molecule has 0 aliphatic heterocycles. The Bertz CT molecular complexity index is 677. The van der Waals surface area contributed by atoms with Crippen molar-refractivity contribution in [2.24, 2.45) is 5.84 Å². The second-order valence-corrected chi connectivity index (χ2v) is 4.41. The molecular formula is C16H15N3O2. The number of carbonyl (C=O) groups is 1. The van der Waals surface area contributed by atoms with E-state index in [1.54, 1.807) is 18.2 Å². The Kier molecular flexibility index (Phi) is 4.91. The van der Waals surface area contributed by atoms with E-state index in [0.29, 0.717) is 11.3 Å². The van der Waals surface area contributed by atoms with Crippen LogP contribution in [0.3, 0.4) is 0 Å². The molecule has 0 aliphatic carbocycles. The summed E-state index contributed by atoms with van der Waals surface area (Å²) in [6, 6.07) is 16.6. The topological polar surface area (TPSA) is 88.1 Å². The number of nitrogens with two attached hydrogens (primary N) is 1. The fourth-order valence-electron chi connectivity index (χ4n) is 1.94. The normalized spacial score (nSPS) is 9.71. The molecule has 0 radical (unpaired) electrons. The Morgan fingerprint density at radius 1 is 1.14 bits per heavy atom. The van der Waals surface area contributed by atoms with E-state index in [9.17, 15) is 4.79 Å². The number of rotatable bonds is 5. The van der Waals surface area contributed by atoms with Gasteiger partial charge in [-0.15, -0.1) is 0 Å². The van der Waals surface area contributed by atoms with E-state index in [1.165, 1.54) is 0 Å². The molecule has 5 heteroatoms. The average molecular weight is 281 g/mol. The van der Waals surface area contributed by atoms with Crippen LogP contribution in [0, 0.1) is 11.3 Å². The maximum atomic E-state index is 11.4. The zero-order valence-electron chi connectivity index (χ0n) is 11.4. The molecule has 0 unspecified atom stereocenters. The Balaban J connectivity index is 2.13. The summed E-state index contributed by atoms with van der Waals surface area (Å²) in [5, 5.41) is 9.02. The minimum atomic E-state index is -0.264. The maximum absolute atomic E-state index is 11.4. The molecule has 2 aromatic rings. The molecule has 0 heterocycles. The lowest BCUT2D eigenvalue weighted by Gasteiger charge is -2.11. The van der Waals surface area contributed by atoms with Gasteiger partial charge in [0.25, 0.3) is 0 Å². The Morgan fingerprint density at radius 2 is 1.81 bits per heavy atom. The number of hydrazine groups is 1. The summed E-state index contributed by atoms with van der Waals surface area (Å²) < 4.78 is 5.68. The number of nitrogens with zero attached hydrogens (tertiary/aromatic N) is 1. The summed E-state index contributed by atoms with van der Waals surface area (Å²) in [6.45, 7) is 0.284. The van der Waals surface area contributed by atoms with Gasteiger partial charge in [-0.25, -0.2) is 5.84 Å². The van der Waals surface area contributed by atoms with E-state index in [1.807, 2.05) is 30.3 Å². The zero-order chi connectivity index (χ0) is 15.1. The number of ether oxygens (including phenoxy) is 1. The maximum Gasteiger partial charge on any atom is 0.238 e. The summed E-state index contributed by atoms with van der Waals surface area (Å²) in [7, 11) is 0. The Morgan fingerprint density at radius 3 is 2.52 bits per heavy atom. The summed E-state index contributed by atoms with van der Waals surface area (Å²) in [4.78, 5) is 11.4. The van der Waals surface area contributed by atoms with E-state index < -0.39 is 0 Å². The van der Waals surface area contributed by atoms with Crippen LogP contribution in [-0.2, 0) is 17.8 Å². The van der Waals surface area contributed by atoms with Crippen molar-refractivity contribution in [3.63, 3.8) is 0 Å². The van der Waals surface area contributed by atoms with Gasteiger partial charge in [-0.2, -0.15) is 5.26 Å². The Labute approximate surface area is 122 Å². The van der Waals surface area contributed by atoms with Gasteiger partial charge in [-0.05, 0) is 23.3 Å². The SMILES string of the molecule is N#Cc1ccccc1OCc1ccccc1CC(=O)NN. The fourth-order valence-corrected chi connectivity index (χ4v) is 1.94. The molecule has 0 bridgehead atoms. The summed E-state index contributed by atoms with van der Waals surface area (Å²) in [5.74, 6) is 5.37. The summed E-state index contributed by atoms with van der Waals surface area (Å²) in [5.41, 5.74) is 4.32. The van der Waals surface area contributed by atoms with E-state index in [-0.39, 0.29) is 18.9 Å². The number of para-hydroxylation sites is 1. The van der Waals surface area contributed by atoms with Gasteiger partial charge in [-0.3, -0.25) is 10.2 Å². The van der Waals surface area contributed by atoms with Crippen molar-refractivity contribution in [3.05, 3.63) is 65.2 Å². The van der Waals surface area contributed by atoms with Crippen molar-refractivity contribution in [2.75, 3.05) is 0 Å². The molecule has 0 saturated carbocycles. The number of carbonyl (C=O) groups excluding carboxylic acids is 1. The quantitative estimate of drug-likeness (QED) is 0.495. The lowest BCUT2D eigenvalue weighted by atomic mass is 10.0. The largest absolute Gasteiger partial charge is 0.488 e. The molecule has 3 N–H and O–H groups in total. The minimum absolute atomic E-state index is 0.190. The van der Waals surface area contributed by atoms with Gasteiger partial charge in [0.05, 0.1) is 12.0 Å². The van der Waals surface area contributed by atoms with Crippen LogP contribution in [0.15, 0.2) is 48.5 Å². The third kappa shape index (κ3) is 3.81. The van der Waals surface area contributed by atoms with Crippen LogP contribution in [0.2, 0.25) is 0 Å². The van der Waals surface area contributed by atoms with Crippen LogP contribution in [-0.4, -0.2) is 5.91 Å². The van der Waals surface area contributed by atoms with Crippen LogP contribution in [0.5, 0.6) is 5.75 Å². The molecule has 2 aromatic carbocycles. The third-order valence-electron chi connectivity index (χ3n) is 3.02. The molecule has 1 amide bonds. The fraction of sp³-hybridized carbons (Fsp3) is 0.125. The molecule has 0 spiro atoms. The van der Waals surface area contributed by atoms with Crippen molar-refractivity contribution in [1.82, 2.24) is 5.43 Å². The standard InChI is InChI=1S/C16H15N3O2/c17-10-13-6-3-4-8-15(13)21-11-14-7-2-1-5-12(14)9-16(20)19-18/h1-8H,9,11,18H2,(H,19,20). The molecule has 5 nitrogen and oxygen atoms in total. The van der Waals surface area contributed by atoms with Gasteiger partial charge in [0, 0.05) is 0 Å². The summed E-state index contributed by atoms with van der Waals surface area (Å²) >= 11 is 0. The van der Waals surface area contributed by atoms with Crippen LogP contribution in [0.4, 0.5) is 0 Å². The molecule has 21 heavy (non-hydrogen) atoms. The van der Waals surface area contributed by atoms with Crippen LogP contribution >= 0.6 is 0 Å². The first kappa shape index (κ1) is 14.6. The number of amides is 1. The van der Waals surface area contributed by atoms with Gasteiger partial charge in [0.1, 0.15) is 18.4 Å². The first-order chi connectivity index (χ1) is 10.2. The van der Waals surface area contributed by atoms with E-state index in [0.717, 1.165) is 11.1 Å². The van der Waals surface area contributed by atoms with Crippen molar-refractivity contribution in [1.29, 1.82) is 5.26 Å². The highest BCUT2D eigenvalue weighted by Gasteiger charge is 2.08. The highest BCUT2D eigenvalue weighted by Crippen LogP contribution is 2.19. The monoisotopic (exact) mass is 281 g/mol. The first-order valence-electron chi connectivity index (χ1n) is 6.42. The van der Waals surface area contributed by atoms with Gasteiger partial charge < -0.3 is 4.74 Å². The van der Waals surface area contributed by atoms with Crippen molar-refractivity contribution in [2.45, 2.75) is 13.0 Å². The van der Waals surface area contributed by atoms with Gasteiger partial charge in [0.2, 0.25) is 5.91 Å². The van der Waals surface area contributed by atoms with Crippen LogP contribution in [0.25, 0.3) is 0 Å². The van der Waals surface area contributed by atoms with E-state index >= 15 is 0 Å². The van der Waals surface area contributed by atoms with Gasteiger partial charge in [-0.1, -0.05) is 36.4 Å². The average Bonchev–Trinajstić information content (AvgIpc) is 2.54. The molecule has 2 rings (SSSR count). The second-order valence-electron chi connectivity index (χ2n) is 4.41. The Hall–Kier alpha value is -2.84. The predicted octanol–water partition coefficient (Wildman–Crippen LogP) is 1.67. The third-order valence-corrected chi connectivity index (χ3v) is 3.02. The lowest BCUT2D eigenvalue weighted by Crippen LogP contribution is -2.31. The van der Waals surface area contributed by atoms with Crippen molar-refractivity contribution < 1.29 is 9.53 Å². The smallest absolute Gasteiger partial charge is 0.238 e. The second kappa shape index (κ2) is 7.08. The molecule has 0 aliphatic rings. The van der Waals surface area contributed by atoms with Gasteiger partial charge >= 0.3 is 0 Å². The number of hydrogen-bond acceptors (Lipinski definition) is 4. The van der Waals surface area contributed by atoms with Crippen molar-refractivity contribution in [3.8, 4) is 11.8 Å². The lowest BCUT2D eigenvalue weighted by molar-refractivity contribution is -0.120. The molecular weight excluding hydrogens is 266 g/mol. The number of nitrogens with one attached hydrogen (secondary N) is 1. The molecule has 106 valence electrons. The minimum Gasteiger partial charge on any atom is -0.488 e. The van der Waals surface area contributed by atoms with E-state index in [4.69, 9.17) is 15.8 Å². The highest BCUT2D eigenvalue weighted by atomic mass is 16.5. The van der Waals surface area contributed by atoms with Crippen LogP contribution < -0.4 is 16.0 Å². The van der Waals surface area contributed by atoms with E-state index in [2.05, 4.69) is 11.5 Å². The number of benzene rings is 2. The summed E-state index contributed by atoms with van der Waals surface area (Å²) in [6.07, 6.45) is 0.190.